The van der Waals surface area contributed by atoms with Crippen molar-refractivity contribution in [3.63, 3.8) is 0 Å². The van der Waals surface area contributed by atoms with Crippen molar-refractivity contribution in [2.75, 3.05) is 23.3 Å². The van der Waals surface area contributed by atoms with Crippen LogP contribution in [0.5, 0.6) is 0 Å². The zero-order valence-corrected chi connectivity index (χ0v) is 13.8. The van der Waals surface area contributed by atoms with E-state index in [9.17, 15) is 4.79 Å². The lowest BCUT2D eigenvalue weighted by atomic mass is 10.1. The SMILES string of the molecule is O=C(Nc1ccccc1N1CCCC1)c1ccc(-n2cncn2)cc1. The van der Waals surface area contributed by atoms with E-state index in [1.165, 1.54) is 19.2 Å². The summed E-state index contributed by atoms with van der Waals surface area (Å²) in [5.74, 6) is -0.114. The van der Waals surface area contributed by atoms with Crippen molar-refractivity contribution in [3.8, 4) is 5.69 Å². The minimum absolute atomic E-state index is 0.114. The molecule has 0 bridgehead atoms. The van der Waals surface area contributed by atoms with Gasteiger partial charge in [-0.25, -0.2) is 9.67 Å². The molecule has 1 aliphatic rings. The first-order chi connectivity index (χ1) is 12.3. The van der Waals surface area contributed by atoms with Gasteiger partial charge in [0.05, 0.1) is 17.1 Å². The molecular formula is C19H19N5O. The molecule has 2 heterocycles. The quantitative estimate of drug-likeness (QED) is 0.797. The number of nitrogens with one attached hydrogen (secondary N) is 1. The summed E-state index contributed by atoms with van der Waals surface area (Å²) in [6.45, 7) is 2.08. The first kappa shape index (κ1) is 15.4. The van der Waals surface area contributed by atoms with Crippen molar-refractivity contribution < 1.29 is 4.79 Å². The van der Waals surface area contributed by atoms with Crippen LogP contribution in [0.25, 0.3) is 5.69 Å². The standard InChI is InChI=1S/C19H19N5O/c25-19(15-7-9-16(10-8-15)24-14-20-13-21-24)22-17-5-1-2-6-18(17)23-11-3-4-12-23/h1-2,5-10,13-14H,3-4,11-12H2,(H,22,25). The third-order valence-electron chi connectivity index (χ3n) is 4.41. The lowest BCUT2D eigenvalue weighted by molar-refractivity contribution is 0.102. The Morgan fingerprint density at radius 1 is 1.00 bits per heavy atom. The topological polar surface area (TPSA) is 63.1 Å². The molecule has 1 saturated heterocycles. The molecule has 0 radical (unpaired) electrons. The van der Waals surface area contributed by atoms with Crippen molar-refractivity contribution in [2.45, 2.75) is 12.8 Å². The number of anilines is 2. The van der Waals surface area contributed by atoms with Gasteiger partial charge in [0.15, 0.2) is 0 Å². The van der Waals surface area contributed by atoms with Gasteiger partial charge in [-0.05, 0) is 49.2 Å². The van der Waals surface area contributed by atoms with E-state index in [0.29, 0.717) is 5.56 Å². The van der Waals surface area contributed by atoms with E-state index in [1.54, 1.807) is 23.1 Å². The van der Waals surface area contributed by atoms with E-state index in [2.05, 4.69) is 26.4 Å². The second kappa shape index (κ2) is 6.76. The van der Waals surface area contributed by atoms with Gasteiger partial charge in [0.2, 0.25) is 0 Å². The summed E-state index contributed by atoms with van der Waals surface area (Å²) in [4.78, 5) is 18.9. The number of hydrogen-bond donors (Lipinski definition) is 1. The molecule has 3 aromatic rings. The molecule has 1 aromatic heterocycles. The van der Waals surface area contributed by atoms with Crippen LogP contribution in [-0.2, 0) is 0 Å². The molecule has 126 valence electrons. The third kappa shape index (κ3) is 3.24. The minimum atomic E-state index is -0.114. The zero-order chi connectivity index (χ0) is 17.1. The summed E-state index contributed by atoms with van der Waals surface area (Å²) in [5, 5.41) is 7.13. The van der Waals surface area contributed by atoms with Crippen LogP contribution in [0, 0.1) is 0 Å². The van der Waals surface area contributed by atoms with Gasteiger partial charge in [0.1, 0.15) is 12.7 Å². The highest BCUT2D eigenvalue weighted by molar-refractivity contribution is 6.06. The van der Waals surface area contributed by atoms with Gasteiger partial charge in [0.25, 0.3) is 5.91 Å². The highest BCUT2D eigenvalue weighted by atomic mass is 16.1. The summed E-state index contributed by atoms with van der Waals surface area (Å²) >= 11 is 0. The Bertz CT molecular complexity index is 852. The van der Waals surface area contributed by atoms with Gasteiger partial charge >= 0.3 is 0 Å². The number of carbonyl (C=O) groups excluding carboxylic acids is 1. The predicted octanol–water partition coefficient (Wildman–Crippen LogP) is 3.12. The first-order valence-electron chi connectivity index (χ1n) is 8.42. The highest BCUT2D eigenvalue weighted by Crippen LogP contribution is 2.29. The molecule has 1 aliphatic heterocycles. The predicted molar refractivity (Wildman–Crippen MR) is 97.2 cm³/mol. The van der Waals surface area contributed by atoms with Crippen molar-refractivity contribution in [3.05, 3.63) is 66.7 Å². The zero-order valence-electron chi connectivity index (χ0n) is 13.8. The van der Waals surface area contributed by atoms with Crippen LogP contribution in [0.15, 0.2) is 61.2 Å². The average Bonchev–Trinajstić information content (AvgIpc) is 3.36. The maximum absolute atomic E-state index is 12.6. The molecule has 6 heteroatoms. The Morgan fingerprint density at radius 2 is 1.76 bits per heavy atom. The normalized spacial score (nSPS) is 13.8. The molecule has 6 nitrogen and oxygen atoms in total. The average molecular weight is 333 g/mol. The van der Waals surface area contributed by atoms with Crippen LogP contribution < -0.4 is 10.2 Å². The van der Waals surface area contributed by atoms with E-state index < -0.39 is 0 Å². The number of benzene rings is 2. The van der Waals surface area contributed by atoms with Crippen LogP contribution in [0.4, 0.5) is 11.4 Å². The van der Waals surface area contributed by atoms with E-state index in [0.717, 1.165) is 30.2 Å². The maximum Gasteiger partial charge on any atom is 0.255 e. The van der Waals surface area contributed by atoms with Gasteiger partial charge in [-0.1, -0.05) is 12.1 Å². The second-order valence-electron chi connectivity index (χ2n) is 6.05. The molecule has 1 amide bonds. The Balaban J connectivity index is 1.52. The number of aromatic nitrogens is 3. The summed E-state index contributed by atoms with van der Waals surface area (Å²) in [5.41, 5.74) is 3.42. The molecule has 1 N–H and O–H groups in total. The molecule has 0 aliphatic carbocycles. The molecule has 0 saturated carbocycles. The van der Waals surface area contributed by atoms with Crippen molar-refractivity contribution in [2.24, 2.45) is 0 Å². The van der Waals surface area contributed by atoms with Gasteiger partial charge in [-0.15, -0.1) is 0 Å². The molecule has 4 rings (SSSR count). The molecule has 0 unspecified atom stereocenters. The third-order valence-corrected chi connectivity index (χ3v) is 4.41. The van der Waals surface area contributed by atoms with E-state index in [-0.39, 0.29) is 5.91 Å². The van der Waals surface area contributed by atoms with Crippen molar-refractivity contribution >= 4 is 17.3 Å². The Hall–Kier alpha value is -3.15. The number of amides is 1. The molecule has 0 spiro atoms. The van der Waals surface area contributed by atoms with E-state index in [4.69, 9.17) is 0 Å². The summed E-state index contributed by atoms with van der Waals surface area (Å²) < 4.78 is 1.66. The second-order valence-corrected chi connectivity index (χ2v) is 6.05. The lowest BCUT2D eigenvalue weighted by Gasteiger charge is -2.21. The fraction of sp³-hybridized carbons (Fsp3) is 0.211. The number of nitrogens with zero attached hydrogens (tertiary/aromatic N) is 4. The number of hydrogen-bond acceptors (Lipinski definition) is 4. The Morgan fingerprint density at radius 3 is 2.48 bits per heavy atom. The maximum atomic E-state index is 12.6. The molecular weight excluding hydrogens is 314 g/mol. The molecule has 0 atom stereocenters. The van der Waals surface area contributed by atoms with Gasteiger partial charge < -0.3 is 10.2 Å². The fourth-order valence-corrected chi connectivity index (χ4v) is 3.11. The van der Waals surface area contributed by atoms with Gasteiger partial charge in [0, 0.05) is 18.7 Å². The largest absolute Gasteiger partial charge is 0.370 e. The van der Waals surface area contributed by atoms with E-state index >= 15 is 0 Å². The lowest BCUT2D eigenvalue weighted by Crippen LogP contribution is -2.21. The van der Waals surface area contributed by atoms with Crippen LogP contribution >= 0.6 is 0 Å². The minimum Gasteiger partial charge on any atom is -0.370 e. The van der Waals surface area contributed by atoms with E-state index in [1.807, 2.05) is 30.3 Å². The van der Waals surface area contributed by atoms with Crippen LogP contribution in [-0.4, -0.2) is 33.8 Å². The monoisotopic (exact) mass is 333 g/mol. The molecule has 2 aromatic carbocycles. The first-order valence-corrected chi connectivity index (χ1v) is 8.42. The number of rotatable bonds is 4. The van der Waals surface area contributed by atoms with Crippen LogP contribution in [0.1, 0.15) is 23.2 Å². The van der Waals surface area contributed by atoms with Gasteiger partial charge in [-0.3, -0.25) is 4.79 Å². The van der Waals surface area contributed by atoms with Crippen LogP contribution in [0.2, 0.25) is 0 Å². The van der Waals surface area contributed by atoms with Crippen LogP contribution in [0.3, 0.4) is 0 Å². The Labute approximate surface area is 146 Å². The molecule has 1 fully saturated rings. The highest BCUT2D eigenvalue weighted by Gasteiger charge is 2.17. The Kier molecular flexibility index (Phi) is 4.16. The fourth-order valence-electron chi connectivity index (χ4n) is 3.11. The van der Waals surface area contributed by atoms with Crippen molar-refractivity contribution in [1.82, 2.24) is 14.8 Å². The summed E-state index contributed by atoms with van der Waals surface area (Å²) in [7, 11) is 0. The van der Waals surface area contributed by atoms with Crippen molar-refractivity contribution in [1.29, 1.82) is 0 Å². The number of para-hydroxylation sites is 2. The summed E-state index contributed by atoms with van der Waals surface area (Å²) in [6.07, 6.45) is 5.51. The molecule has 25 heavy (non-hydrogen) atoms. The summed E-state index contributed by atoms with van der Waals surface area (Å²) in [6, 6.07) is 15.3. The van der Waals surface area contributed by atoms with Gasteiger partial charge in [-0.2, -0.15) is 5.10 Å². The number of carbonyl (C=O) groups is 1. The smallest absolute Gasteiger partial charge is 0.255 e.